The van der Waals surface area contributed by atoms with E-state index in [4.69, 9.17) is 5.73 Å². The van der Waals surface area contributed by atoms with Crippen molar-refractivity contribution in [2.45, 2.75) is 23.1 Å². The Morgan fingerprint density at radius 1 is 1.59 bits per heavy atom. The Bertz CT molecular complexity index is 496. The fraction of sp³-hybridized carbons (Fsp3) is 0.600. The second-order valence-corrected chi connectivity index (χ2v) is 8.91. The third-order valence-electron chi connectivity index (χ3n) is 3.06. The van der Waals surface area contributed by atoms with Crippen LogP contribution in [0.1, 0.15) is 12.8 Å². The Balaban J connectivity index is 2.25. The minimum absolute atomic E-state index is 0.0686. The molecule has 0 bridgehead atoms. The molecule has 7 heteroatoms. The van der Waals surface area contributed by atoms with Gasteiger partial charge in [0, 0.05) is 19.6 Å². The Hall–Kier alpha value is 0.0500. The quantitative estimate of drug-likeness (QED) is 0.891. The molecule has 0 aromatic carbocycles. The first-order chi connectivity index (χ1) is 7.96. The fourth-order valence-electron chi connectivity index (χ4n) is 1.88. The van der Waals surface area contributed by atoms with Gasteiger partial charge in [-0.15, -0.1) is 11.3 Å². The van der Waals surface area contributed by atoms with Crippen molar-refractivity contribution in [3.05, 3.63) is 15.9 Å². The molecule has 1 unspecified atom stereocenters. The van der Waals surface area contributed by atoms with Crippen molar-refractivity contribution in [1.82, 2.24) is 4.31 Å². The average molecular weight is 339 g/mol. The molecule has 1 saturated carbocycles. The first-order valence-corrected chi connectivity index (χ1v) is 8.45. The molecule has 0 spiro atoms. The zero-order chi connectivity index (χ0) is 12.6. The first-order valence-electron chi connectivity index (χ1n) is 5.40. The van der Waals surface area contributed by atoms with Gasteiger partial charge >= 0.3 is 0 Å². The average Bonchev–Trinajstić information content (AvgIpc) is 3.01. The molecule has 1 heterocycles. The van der Waals surface area contributed by atoms with Crippen molar-refractivity contribution in [3.8, 4) is 0 Å². The zero-order valence-corrected chi connectivity index (χ0v) is 12.7. The highest BCUT2D eigenvalue weighted by atomic mass is 79.9. The molecule has 0 saturated heterocycles. The molecule has 1 aliphatic rings. The molecule has 1 aromatic heterocycles. The van der Waals surface area contributed by atoms with Crippen LogP contribution in [-0.2, 0) is 10.0 Å². The summed E-state index contributed by atoms with van der Waals surface area (Å²) in [6.07, 6.45) is 2.16. The van der Waals surface area contributed by atoms with E-state index in [1.165, 1.54) is 15.6 Å². The lowest BCUT2D eigenvalue weighted by atomic mass is 10.2. The summed E-state index contributed by atoms with van der Waals surface area (Å²) in [7, 11) is -1.77. The standard InChI is InChI=1S/C10H15BrN2O2S2/c1-13(8(6-12)7-2-3-7)17(14,15)10-5-4-9(11)16-10/h4-5,7-8H,2-3,6,12H2,1H3. The molecule has 0 radical (unpaired) electrons. The van der Waals surface area contributed by atoms with Gasteiger partial charge in [0.2, 0.25) is 0 Å². The van der Waals surface area contributed by atoms with Crippen molar-refractivity contribution in [2.75, 3.05) is 13.6 Å². The molecule has 1 atom stereocenters. The molecule has 1 fully saturated rings. The maximum absolute atomic E-state index is 12.3. The molecule has 96 valence electrons. The summed E-state index contributed by atoms with van der Waals surface area (Å²) in [6.45, 7) is 0.382. The van der Waals surface area contributed by atoms with Gasteiger partial charge in [0.25, 0.3) is 10.0 Å². The van der Waals surface area contributed by atoms with E-state index >= 15 is 0 Å². The number of likely N-dealkylation sites (N-methyl/N-ethyl adjacent to an activating group) is 1. The molecule has 1 aromatic rings. The smallest absolute Gasteiger partial charge is 0.252 e. The first kappa shape index (κ1) is 13.5. The molecular weight excluding hydrogens is 324 g/mol. The van der Waals surface area contributed by atoms with Crippen molar-refractivity contribution < 1.29 is 8.42 Å². The van der Waals surface area contributed by atoms with Crippen LogP contribution in [-0.4, -0.2) is 32.4 Å². The van der Waals surface area contributed by atoms with E-state index in [0.29, 0.717) is 16.7 Å². The minimum Gasteiger partial charge on any atom is -0.329 e. The Labute approximate surface area is 114 Å². The van der Waals surface area contributed by atoms with Crippen LogP contribution in [0.15, 0.2) is 20.1 Å². The highest BCUT2D eigenvalue weighted by molar-refractivity contribution is 9.11. The van der Waals surface area contributed by atoms with E-state index in [-0.39, 0.29) is 6.04 Å². The third-order valence-corrected chi connectivity index (χ3v) is 7.03. The van der Waals surface area contributed by atoms with Gasteiger partial charge in [0.15, 0.2) is 0 Å². The lowest BCUT2D eigenvalue weighted by Gasteiger charge is -2.25. The Morgan fingerprint density at radius 2 is 2.24 bits per heavy atom. The van der Waals surface area contributed by atoms with Crippen LogP contribution in [0.25, 0.3) is 0 Å². The van der Waals surface area contributed by atoms with E-state index in [1.54, 1.807) is 19.2 Å². The summed E-state index contributed by atoms with van der Waals surface area (Å²) < 4.78 is 27.3. The number of nitrogens with two attached hydrogens (primary N) is 1. The highest BCUT2D eigenvalue weighted by Gasteiger charge is 2.38. The largest absolute Gasteiger partial charge is 0.329 e. The molecule has 0 aliphatic heterocycles. The molecule has 1 aliphatic carbocycles. The number of thiophene rings is 1. The van der Waals surface area contributed by atoms with Gasteiger partial charge in [0.05, 0.1) is 3.79 Å². The van der Waals surface area contributed by atoms with Crippen LogP contribution in [0.5, 0.6) is 0 Å². The molecule has 0 amide bonds. The van der Waals surface area contributed by atoms with Gasteiger partial charge in [0.1, 0.15) is 4.21 Å². The highest BCUT2D eigenvalue weighted by Crippen LogP contribution is 2.37. The maximum atomic E-state index is 12.3. The second-order valence-electron chi connectivity index (χ2n) is 4.22. The van der Waals surface area contributed by atoms with Crippen LogP contribution >= 0.6 is 27.3 Å². The monoisotopic (exact) mass is 338 g/mol. The molecule has 2 N–H and O–H groups in total. The molecule has 17 heavy (non-hydrogen) atoms. The number of sulfonamides is 1. The van der Waals surface area contributed by atoms with E-state index in [1.807, 2.05) is 0 Å². The zero-order valence-electron chi connectivity index (χ0n) is 9.47. The predicted octanol–water partition coefficient (Wildman–Crippen LogP) is 1.87. The summed E-state index contributed by atoms with van der Waals surface area (Å²) in [6, 6.07) is 3.31. The fourth-order valence-corrected chi connectivity index (χ4v) is 5.50. The van der Waals surface area contributed by atoms with E-state index < -0.39 is 10.0 Å². The van der Waals surface area contributed by atoms with Gasteiger partial charge in [-0.25, -0.2) is 8.42 Å². The molecule has 2 rings (SSSR count). The van der Waals surface area contributed by atoms with E-state index in [2.05, 4.69) is 15.9 Å². The topological polar surface area (TPSA) is 63.4 Å². The number of hydrogen-bond donors (Lipinski definition) is 1. The van der Waals surface area contributed by atoms with Gasteiger partial charge in [-0.2, -0.15) is 4.31 Å². The second kappa shape index (κ2) is 4.97. The van der Waals surface area contributed by atoms with Gasteiger partial charge < -0.3 is 5.73 Å². The summed E-state index contributed by atoms with van der Waals surface area (Å²) in [5.74, 6) is 0.433. The van der Waals surface area contributed by atoms with Crippen molar-refractivity contribution in [3.63, 3.8) is 0 Å². The summed E-state index contributed by atoms with van der Waals surface area (Å²) in [4.78, 5) is 0. The lowest BCUT2D eigenvalue weighted by Crippen LogP contribution is -2.42. The van der Waals surface area contributed by atoms with E-state index in [0.717, 1.165) is 16.6 Å². The predicted molar refractivity (Wildman–Crippen MR) is 72.5 cm³/mol. The van der Waals surface area contributed by atoms with Gasteiger partial charge in [-0.1, -0.05) is 0 Å². The number of halogens is 1. The van der Waals surface area contributed by atoms with Crippen molar-refractivity contribution in [2.24, 2.45) is 11.7 Å². The lowest BCUT2D eigenvalue weighted by molar-refractivity contribution is 0.341. The van der Waals surface area contributed by atoms with Crippen molar-refractivity contribution >= 4 is 37.3 Å². The van der Waals surface area contributed by atoms with Crippen LogP contribution < -0.4 is 5.73 Å². The van der Waals surface area contributed by atoms with Crippen LogP contribution in [0.4, 0.5) is 0 Å². The van der Waals surface area contributed by atoms with Crippen molar-refractivity contribution in [1.29, 1.82) is 0 Å². The Kier molecular flexibility index (Phi) is 3.94. The Morgan fingerprint density at radius 3 is 2.65 bits per heavy atom. The summed E-state index contributed by atoms with van der Waals surface area (Å²) >= 11 is 4.51. The summed E-state index contributed by atoms with van der Waals surface area (Å²) in [5, 5.41) is 0. The maximum Gasteiger partial charge on any atom is 0.252 e. The minimum atomic E-state index is -3.39. The normalized spacial score (nSPS) is 18.6. The van der Waals surface area contributed by atoms with Crippen LogP contribution in [0.3, 0.4) is 0 Å². The van der Waals surface area contributed by atoms with Crippen LogP contribution in [0, 0.1) is 5.92 Å². The summed E-state index contributed by atoms with van der Waals surface area (Å²) in [5.41, 5.74) is 5.68. The van der Waals surface area contributed by atoms with Gasteiger partial charge in [-0.05, 0) is 46.8 Å². The molecule has 4 nitrogen and oxygen atoms in total. The van der Waals surface area contributed by atoms with Crippen LogP contribution in [0.2, 0.25) is 0 Å². The number of rotatable bonds is 5. The molecular formula is C10H15BrN2O2S2. The number of nitrogens with zero attached hydrogens (tertiary/aromatic N) is 1. The number of hydrogen-bond acceptors (Lipinski definition) is 4. The van der Waals surface area contributed by atoms with Gasteiger partial charge in [-0.3, -0.25) is 0 Å². The van der Waals surface area contributed by atoms with E-state index in [9.17, 15) is 8.42 Å². The SMILES string of the molecule is CN(C(CN)C1CC1)S(=O)(=O)c1ccc(Br)s1. The third kappa shape index (κ3) is 2.73.